The molecular formula is C17H15ClO4. The van der Waals surface area contributed by atoms with Crippen molar-refractivity contribution in [2.45, 2.75) is 0 Å². The minimum absolute atomic E-state index is 0.125. The summed E-state index contributed by atoms with van der Waals surface area (Å²) in [6, 6.07) is 10.0. The van der Waals surface area contributed by atoms with E-state index in [-0.39, 0.29) is 22.3 Å². The molecule has 22 heavy (non-hydrogen) atoms. The maximum Gasteiger partial charge on any atom is 0.185 e. The molecule has 0 amide bonds. The van der Waals surface area contributed by atoms with Gasteiger partial charge in [-0.25, -0.2) is 0 Å². The highest BCUT2D eigenvalue weighted by atomic mass is 35.5. The van der Waals surface area contributed by atoms with E-state index in [4.69, 9.17) is 21.1 Å². The van der Waals surface area contributed by atoms with Crippen LogP contribution in [0.15, 0.2) is 42.5 Å². The lowest BCUT2D eigenvalue weighted by molar-refractivity contribution is 0.104. The standard InChI is InChI=1S/C17H15ClO4/c1-21-13-5-3-4-12(10-13)15(19)7-6-11-8-14(18)17(20)16(9-11)22-2/h3-10,20H,1-2H3. The summed E-state index contributed by atoms with van der Waals surface area (Å²) in [6.07, 6.45) is 3.03. The van der Waals surface area contributed by atoms with Crippen molar-refractivity contribution in [3.63, 3.8) is 0 Å². The van der Waals surface area contributed by atoms with Crippen molar-refractivity contribution < 1.29 is 19.4 Å². The third kappa shape index (κ3) is 3.59. The Balaban J connectivity index is 2.24. The van der Waals surface area contributed by atoms with E-state index in [9.17, 15) is 9.90 Å². The largest absolute Gasteiger partial charge is 0.503 e. The summed E-state index contributed by atoms with van der Waals surface area (Å²) in [5.74, 6) is 0.581. The molecule has 0 aromatic heterocycles. The molecule has 0 saturated heterocycles. The lowest BCUT2D eigenvalue weighted by Crippen LogP contribution is -1.95. The molecule has 1 N–H and O–H groups in total. The number of aromatic hydroxyl groups is 1. The van der Waals surface area contributed by atoms with Crippen LogP contribution in [0.5, 0.6) is 17.2 Å². The highest BCUT2D eigenvalue weighted by Gasteiger charge is 2.08. The Morgan fingerprint density at radius 3 is 2.64 bits per heavy atom. The van der Waals surface area contributed by atoms with E-state index in [1.807, 2.05) is 0 Å². The molecule has 114 valence electrons. The fourth-order valence-electron chi connectivity index (χ4n) is 1.89. The first-order valence-electron chi connectivity index (χ1n) is 6.48. The van der Waals surface area contributed by atoms with Crippen molar-refractivity contribution in [1.82, 2.24) is 0 Å². The van der Waals surface area contributed by atoms with Crippen molar-refractivity contribution in [2.24, 2.45) is 0 Å². The van der Waals surface area contributed by atoms with Gasteiger partial charge in [-0.2, -0.15) is 0 Å². The van der Waals surface area contributed by atoms with Gasteiger partial charge in [0.1, 0.15) is 5.75 Å². The molecule has 2 aromatic rings. The number of hydrogen-bond donors (Lipinski definition) is 1. The van der Waals surface area contributed by atoms with Gasteiger partial charge in [0, 0.05) is 5.56 Å². The normalized spacial score (nSPS) is 10.7. The van der Waals surface area contributed by atoms with E-state index < -0.39 is 0 Å². The van der Waals surface area contributed by atoms with E-state index in [0.717, 1.165) is 0 Å². The van der Waals surface area contributed by atoms with Crippen molar-refractivity contribution in [3.8, 4) is 17.2 Å². The van der Waals surface area contributed by atoms with Gasteiger partial charge in [-0.05, 0) is 35.9 Å². The summed E-state index contributed by atoms with van der Waals surface area (Å²) in [6.45, 7) is 0. The number of carbonyl (C=O) groups excluding carboxylic acids is 1. The van der Waals surface area contributed by atoms with Crippen LogP contribution in [0.1, 0.15) is 15.9 Å². The highest BCUT2D eigenvalue weighted by Crippen LogP contribution is 2.35. The number of methoxy groups -OCH3 is 2. The monoisotopic (exact) mass is 318 g/mol. The van der Waals surface area contributed by atoms with Crippen LogP contribution in [0, 0.1) is 0 Å². The SMILES string of the molecule is COc1cccc(C(=O)C=Cc2cc(Cl)c(O)c(OC)c2)c1. The van der Waals surface area contributed by atoms with Crippen molar-refractivity contribution in [2.75, 3.05) is 14.2 Å². The lowest BCUT2D eigenvalue weighted by atomic mass is 10.1. The first kappa shape index (κ1) is 15.9. The van der Waals surface area contributed by atoms with E-state index in [1.54, 1.807) is 49.6 Å². The maximum absolute atomic E-state index is 12.1. The molecule has 0 radical (unpaired) electrons. The number of benzene rings is 2. The molecule has 2 rings (SSSR count). The Hall–Kier alpha value is -2.46. The third-order valence-electron chi connectivity index (χ3n) is 3.05. The average molecular weight is 319 g/mol. The smallest absolute Gasteiger partial charge is 0.185 e. The van der Waals surface area contributed by atoms with Crippen LogP contribution in [0.3, 0.4) is 0 Å². The third-order valence-corrected chi connectivity index (χ3v) is 3.34. The summed E-state index contributed by atoms with van der Waals surface area (Å²) in [5.41, 5.74) is 1.17. The number of allylic oxidation sites excluding steroid dienone is 1. The van der Waals surface area contributed by atoms with Crippen molar-refractivity contribution >= 4 is 23.5 Å². The number of halogens is 1. The summed E-state index contributed by atoms with van der Waals surface area (Å²) in [7, 11) is 2.98. The molecule has 0 spiro atoms. The second kappa shape index (κ2) is 7.00. The fraction of sp³-hybridized carbons (Fsp3) is 0.118. The van der Waals surface area contributed by atoms with Crippen LogP contribution < -0.4 is 9.47 Å². The first-order valence-corrected chi connectivity index (χ1v) is 6.86. The van der Waals surface area contributed by atoms with E-state index >= 15 is 0 Å². The van der Waals surface area contributed by atoms with Gasteiger partial charge in [-0.3, -0.25) is 4.79 Å². The number of carbonyl (C=O) groups is 1. The van der Waals surface area contributed by atoms with Crippen LogP contribution in [0.25, 0.3) is 6.08 Å². The van der Waals surface area contributed by atoms with Crippen molar-refractivity contribution in [3.05, 3.63) is 58.6 Å². The molecule has 0 aliphatic heterocycles. The molecule has 2 aromatic carbocycles. The maximum atomic E-state index is 12.1. The molecule has 0 bridgehead atoms. The highest BCUT2D eigenvalue weighted by molar-refractivity contribution is 6.32. The molecule has 0 aliphatic rings. The van der Waals surface area contributed by atoms with Gasteiger partial charge < -0.3 is 14.6 Å². The molecule has 0 atom stereocenters. The molecular weight excluding hydrogens is 304 g/mol. The summed E-state index contributed by atoms with van der Waals surface area (Å²) in [4.78, 5) is 12.1. The number of ether oxygens (including phenoxy) is 2. The van der Waals surface area contributed by atoms with Gasteiger partial charge in [-0.1, -0.05) is 29.8 Å². The number of phenolic OH excluding ortho intramolecular Hbond substituents is 1. The first-order chi connectivity index (χ1) is 10.5. The molecule has 0 saturated carbocycles. The molecule has 0 heterocycles. The predicted molar refractivity (Wildman–Crippen MR) is 86.0 cm³/mol. The number of phenols is 1. The summed E-state index contributed by atoms with van der Waals surface area (Å²) < 4.78 is 10.1. The van der Waals surface area contributed by atoms with Gasteiger partial charge in [0.25, 0.3) is 0 Å². The van der Waals surface area contributed by atoms with Crippen LogP contribution in [0.4, 0.5) is 0 Å². The molecule has 4 nitrogen and oxygen atoms in total. The van der Waals surface area contributed by atoms with Crippen LogP contribution in [0.2, 0.25) is 5.02 Å². The molecule has 5 heteroatoms. The van der Waals surface area contributed by atoms with E-state index in [2.05, 4.69) is 0 Å². The number of hydrogen-bond acceptors (Lipinski definition) is 4. The second-order valence-corrected chi connectivity index (χ2v) is 4.89. The van der Waals surface area contributed by atoms with Crippen LogP contribution in [-0.4, -0.2) is 25.1 Å². The van der Waals surface area contributed by atoms with Gasteiger partial charge in [0.2, 0.25) is 0 Å². The zero-order chi connectivity index (χ0) is 16.1. The Labute approximate surface area is 133 Å². The molecule has 0 fully saturated rings. The minimum Gasteiger partial charge on any atom is -0.503 e. The Bertz CT molecular complexity index is 723. The minimum atomic E-state index is -0.165. The Kier molecular flexibility index (Phi) is 5.07. The lowest BCUT2D eigenvalue weighted by Gasteiger charge is -2.06. The van der Waals surface area contributed by atoms with Crippen molar-refractivity contribution in [1.29, 1.82) is 0 Å². The average Bonchev–Trinajstić information content (AvgIpc) is 2.55. The van der Waals surface area contributed by atoms with Gasteiger partial charge >= 0.3 is 0 Å². The van der Waals surface area contributed by atoms with Crippen LogP contribution >= 0.6 is 11.6 Å². The number of ketones is 1. The van der Waals surface area contributed by atoms with Gasteiger partial charge in [-0.15, -0.1) is 0 Å². The summed E-state index contributed by atoms with van der Waals surface area (Å²) in [5, 5.41) is 9.83. The summed E-state index contributed by atoms with van der Waals surface area (Å²) >= 11 is 5.90. The zero-order valence-electron chi connectivity index (χ0n) is 12.2. The second-order valence-electron chi connectivity index (χ2n) is 4.48. The van der Waals surface area contributed by atoms with E-state index in [1.165, 1.54) is 13.2 Å². The number of rotatable bonds is 5. The Morgan fingerprint density at radius 1 is 1.18 bits per heavy atom. The van der Waals surface area contributed by atoms with E-state index in [0.29, 0.717) is 16.9 Å². The molecule has 0 aliphatic carbocycles. The topological polar surface area (TPSA) is 55.8 Å². The quantitative estimate of drug-likeness (QED) is 0.669. The molecule has 0 unspecified atom stereocenters. The predicted octanol–water partition coefficient (Wildman–Crippen LogP) is 3.96. The Morgan fingerprint density at radius 2 is 1.95 bits per heavy atom. The van der Waals surface area contributed by atoms with Crippen LogP contribution in [-0.2, 0) is 0 Å². The van der Waals surface area contributed by atoms with Gasteiger partial charge in [0.05, 0.1) is 19.2 Å². The fourth-order valence-corrected chi connectivity index (χ4v) is 2.11. The van der Waals surface area contributed by atoms with Gasteiger partial charge in [0.15, 0.2) is 17.3 Å². The zero-order valence-corrected chi connectivity index (χ0v) is 12.9.